The van der Waals surface area contributed by atoms with Crippen molar-refractivity contribution in [3.05, 3.63) is 67.6 Å². The molecule has 0 amide bonds. The first-order valence-corrected chi connectivity index (χ1v) is 14.9. The van der Waals surface area contributed by atoms with Crippen LogP contribution in [0, 0.1) is 13.8 Å². The number of aryl methyl sites for hydroxylation is 2. The van der Waals surface area contributed by atoms with Crippen LogP contribution in [0.25, 0.3) is 17.0 Å². The maximum Gasteiger partial charge on any atom is 0.186 e. The zero-order valence-corrected chi connectivity index (χ0v) is 23.7. The summed E-state index contributed by atoms with van der Waals surface area (Å²) < 4.78 is 25.3. The summed E-state index contributed by atoms with van der Waals surface area (Å²) in [5.74, 6) is 0.790. The summed E-state index contributed by atoms with van der Waals surface area (Å²) in [6.07, 6.45) is 12.8. The van der Waals surface area contributed by atoms with Crippen LogP contribution in [0.15, 0.2) is 49.7 Å². The quantitative estimate of drug-likeness (QED) is 0.197. The van der Waals surface area contributed by atoms with Gasteiger partial charge in [-0.25, -0.2) is 0 Å². The van der Waals surface area contributed by atoms with Crippen LogP contribution >= 0.6 is 27.7 Å². The van der Waals surface area contributed by atoms with Gasteiger partial charge < -0.3 is 13.7 Å². The minimum Gasteiger partial charge on any atom is -0.611 e. The van der Waals surface area contributed by atoms with E-state index in [1.807, 2.05) is 30.5 Å². The highest BCUT2D eigenvalue weighted by atomic mass is 79.9. The molecule has 0 fully saturated rings. The first-order chi connectivity index (χ1) is 15.8. The van der Waals surface area contributed by atoms with Gasteiger partial charge in [0.15, 0.2) is 4.24 Å². The van der Waals surface area contributed by atoms with Crippen LogP contribution in [0.1, 0.15) is 61.8 Å². The van der Waals surface area contributed by atoms with Crippen molar-refractivity contribution in [1.29, 1.82) is 0 Å². The molecule has 180 valence electrons. The third-order valence-corrected chi connectivity index (χ3v) is 8.30. The highest BCUT2D eigenvalue weighted by molar-refractivity contribution is 9.10. The fraction of sp³-hybridized carbons (Fsp3) is 0.407. The van der Waals surface area contributed by atoms with Crippen molar-refractivity contribution >= 4 is 55.9 Å². The number of halogens is 1. The SMILES string of the molecule is CCCCCC.CSC(=Cc1cc(C)c(C)cc1OCc1cc(Br)c2occc2c1)[S+](C)[O-]. The maximum absolute atomic E-state index is 11.9. The predicted molar refractivity (Wildman–Crippen MR) is 150 cm³/mol. The largest absolute Gasteiger partial charge is 0.611 e. The van der Waals surface area contributed by atoms with Gasteiger partial charge in [0.2, 0.25) is 0 Å². The van der Waals surface area contributed by atoms with Gasteiger partial charge >= 0.3 is 0 Å². The van der Waals surface area contributed by atoms with Crippen molar-refractivity contribution in [2.24, 2.45) is 0 Å². The number of ether oxygens (including phenoxy) is 1. The number of thioether (sulfide) groups is 1. The van der Waals surface area contributed by atoms with Crippen LogP contribution < -0.4 is 4.74 Å². The molecule has 0 spiro atoms. The van der Waals surface area contributed by atoms with Gasteiger partial charge in [-0.05, 0) is 94.2 Å². The predicted octanol–water partition coefficient (Wildman–Crippen LogP) is 9.02. The fourth-order valence-corrected chi connectivity index (χ4v) is 5.37. The van der Waals surface area contributed by atoms with E-state index >= 15 is 0 Å². The molecule has 0 bridgehead atoms. The average molecular weight is 552 g/mol. The molecule has 1 atom stereocenters. The molecule has 3 nitrogen and oxygen atoms in total. The molecule has 2 aromatic carbocycles. The lowest BCUT2D eigenvalue weighted by Crippen LogP contribution is -2.01. The molecule has 0 aliphatic carbocycles. The molecule has 33 heavy (non-hydrogen) atoms. The average Bonchev–Trinajstić information content (AvgIpc) is 3.26. The molecule has 0 radical (unpaired) electrons. The Morgan fingerprint density at radius 3 is 2.39 bits per heavy atom. The second kappa shape index (κ2) is 14.1. The van der Waals surface area contributed by atoms with E-state index in [1.165, 1.54) is 43.0 Å². The Morgan fingerprint density at radius 1 is 1.12 bits per heavy atom. The van der Waals surface area contributed by atoms with Crippen LogP contribution in [-0.2, 0) is 17.8 Å². The molecule has 1 unspecified atom stereocenters. The van der Waals surface area contributed by atoms with Gasteiger partial charge in [-0.1, -0.05) is 51.3 Å². The molecule has 1 aromatic heterocycles. The van der Waals surface area contributed by atoms with E-state index in [0.717, 1.165) is 42.1 Å². The zero-order chi connectivity index (χ0) is 24.4. The summed E-state index contributed by atoms with van der Waals surface area (Å²) in [5, 5.41) is 1.04. The Kier molecular flexibility index (Phi) is 12.0. The summed E-state index contributed by atoms with van der Waals surface area (Å²) in [7, 11) is 0. The van der Waals surface area contributed by atoms with E-state index in [4.69, 9.17) is 9.15 Å². The minimum atomic E-state index is -1.03. The Morgan fingerprint density at radius 2 is 1.79 bits per heavy atom. The fourth-order valence-electron chi connectivity index (χ4n) is 3.28. The third kappa shape index (κ3) is 8.43. The molecular formula is C27H35BrO3S2. The lowest BCUT2D eigenvalue weighted by atomic mass is 10.0. The van der Waals surface area contributed by atoms with Crippen molar-refractivity contribution in [3.8, 4) is 5.75 Å². The van der Waals surface area contributed by atoms with Crippen molar-refractivity contribution in [2.45, 2.75) is 60.0 Å². The van der Waals surface area contributed by atoms with Gasteiger partial charge in [-0.3, -0.25) is 0 Å². The number of hydrogen-bond donors (Lipinski definition) is 0. The van der Waals surface area contributed by atoms with Crippen LogP contribution in [0.3, 0.4) is 0 Å². The van der Waals surface area contributed by atoms with Crippen LogP contribution in [-0.4, -0.2) is 17.1 Å². The lowest BCUT2D eigenvalue weighted by molar-refractivity contribution is 0.305. The van der Waals surface area contributed by atoms with E-state index in [-0.39, 0.29) is 0 Å². The number of benzene rings is 2. The van der Waals surface area contributed by atoms with Crippen LogP contribution in [0.4, 0.5) is 0 Å². The number of fused-ring (bicyclic) bond motifs is 1. The van der Waals surface area contributed by atoms with Gasteiger partial charge in [0.1, 0.15) is 24.2 Å². The van der Waals surface area contributed by atoms with E-state index in [0.29, 0.717) is 6.61 Å². The van der Waals surface area contributed by atoms with Crippen molar-refractivity contribution in [1.82, 2.24) is 0 Å². The van der Waals surface area contributed by atoms with Crippen molar-refractivity contribution < 1.29 is 13.7 Å². The normalized spacial score (nSPS) is 12.4. The summed E-state index contributed by atoms with van der Waals surface area (Å²) >= 11 is 4.02. The van der Waals surface area contributed by atoms with E-state index in [1.54, 1.807) is 12.5 Å². The second-order valence-corrected chi connectivity index (χ2v) is 11.3. The van der Waals surface area contributed by atoms with Gasteiger partial charge in [0, 0.05) is 17.0 Å². The Bertz CT molecular complexity index is 1050. The zero-order valence-electron chi connectivity index (χ0n) is 20.5. The second-order valence-electron chi connectivity index (χ2n) is 8.01. The van der Waals surface area contributed by atoms with Crippen molar-refractivity contribution in [3.63, 3.8) is 0 Å². The first-order valence-electron chi connectivity index (χ1n) is 11.3. The number of furan rings is 1. The lowest BCUT2D eigenvalue weighted by Gasteiger charge is -2.14. The Balaban J connectivity index is 0.000000569. The van der Waals surface area contributed by atoms with E-state index in [2.05, 4.69) is 55.8 Å². The molecule has 0 saturated carbocycles. The molecule has 1 heterocycles. The third-order valence-electron chi connectivity index (χ3n) is 5.30. The molecule has 6 heteroatoms. The minimum absolute atomic E-state index is 0.437. The smallest absolute Gasteiger partial charge is 0.186 e. The molecule has 3 rings (SSSR count). The Labute approximate surface area is 214 Å². The highest BCUT2D eigenvalue weighted by Gasteiger charge is 2.13. The molecule has 0 aliphatic rings. The van der Waals surface area contributed by atoms with Crippen molar-refractivity contribution in [2.75, 3.05) is 12.5 Å². The first kappa shape index (κ1) is 27.9. The van der Waals surface area contributed by atoms with Gasteiger partial charge in [0.05, 0.1) is 10.7 Å². The van der Waals surface area contributed by atoms with E-state index in [9.17, 15) is 4.55 Å². The molecule has 0 aliphatic heterocycles. The summed E-state index contributed by atoms with van der Waals surface area (Å²) in [5.41, 5.74) is 5.17. The van der Waals surface area contributed by atoms with E-state index < -0.39 is 11.2 Å². The number of hydrogen-bond acceptors (Lipinski definition) is 4. The summed E-state index contributed by atoms with van der Waals surface area (Å²) in [6.45, 7) is 9.04. The maximum atomic E-state index is 11.9. The number of unbranched alkanes of at least 4 members (excludes halogenated alkanes) is 3. The highest BCUT2D eigenvalue weighted by Crippen LogP contribution is 2.31. The molecular weight excluding hydrogens is 516 g/mol. The Hall–Kier alpha value is -1.34. The topological polar surface area (TPSA) is 45.4 Å². The summed E-state index contributed by atoms with van der Waals surface area (Å²) in [4.78, 5) is 0. The molecule has 3 aromatic rings. The van der Waals surface area contributed by atoms with Crippen LogP contribution in [0.2, 0.25) is 0 Å². The van der Waals surface area contributed by atoms with Gasteiger partial charge in [-0.2, -0.15) is 0 Å². The standard InChI is InChI=1S/C21H21BrO3S2.C6H14/c1-13-7-17(11-20(26-3)27(4)23)19(8-14(13)2)25-12-15-9-16-5-6-24-21(16)18(22)10-15;1-3-5-6-4-2/h5-11H,12H2,1-4H3;3-6H2,1-2H3. The molecule has 0 N–H and O–H groups in total. The number of rotatable bonds is 9. The summed E-state index contributed by atoms with van der Waals surface area (Å²) in [6, 6.07) is 10.1. The van der Waals surface area contributed by atoms with Gasteiger partial charge in [-0.15, -0.1) is 0 Å². The monoisotopic (exact) mass is 550 g/mol. The van der Waals surface area contributed by atoms with Gasteiger partial charge in [0.25, 0.3) is 0 Å². The van der Waals surface area contributed by atoms with Crippen LogP contribution in [0.5, 0.6) is 5.75 Å². The molecule has 0 saturated heterocycles.